The van der Waals surface area contributed by atoms with Gasteiger partial charge in [0.2, 0.25) is 0 Å². The van der Waals surface area contributed by atoms with Crippen LogP contribution in [0.15, 0.2) is 42.5 Å². The largest absolute Gasteiger partial charge is 0.488 e. The van der Waals surface area contributed by atoms with E-state index in [2.05, 4.69) is 0 Å². The molecule has 0 heterocycles. The van der Waals surface area contributed by atoms with Gasteiger partial charge in [0.05, 0.1) is 15.7 Å². The molecule has 0 unspecified atom stereocenters. The molecule has 0 aliphatic rings. The van der Waals surface area contributed by atoms with Gasteiger partial charge in [0.15, 0.2) is 5.78 Å². The highest BCUT2D eigenvalue weighted by Gasteiger charge is 2.22. The Morgan fingerprint density at radius 3 is 2.39 bits per heavy atom. The van der Waals surface area contributed by atoms with Gasteiger partial charge in [-0.05, 0) is 54.1 Å². The van der Waals surface area contributed by atoms with Crippen molar-refractivity contribution in [3.8, 4) is 5.75 Å². The number of esters is 1. The Balaban J connectivity index is 2.32. The van der Waals surface area contributed by atoms with Crippen molar-refractivity contribution in [2.24, 2.45) is 0 Å². The van der Waals surface area contributed by atoms with Crippen LogP contribution in [0.5, 0.6) is 5.75 Å². The molecule has 0 aromatic heterocycles. The summed E-state index contributed by atoms with van der Waals surface area (Å²) in [4.78, 5) is 23.9. The number of rotatable bonds is 6. The molecule has 0 N–H and O–H groups in total. The van der Waals surface area contributed by atoms with Gasteiger partial charge in [0, 0.05) is 5.56 Å². The number of hydrogen-bond acceptors (Lipinski definition) is 4. The topological polar surface area (TPSA) is 52.6 Å². The zero-order chi connectivity index (χ0) is 16.8. The van der Waals surface area contributed by atoms with E-state index in [1.54, 1.807) is 19.1 Å². The van der Waals surface area contributed by atoms with Gasteiger partial charge in [-0.15, -0.1) is 0 Å². The molecule has 2 aromatic carbocycles. The summed E-state index contributed by atoms with van der Waals surface area (Å²) >= 11 is 2.02. The van der Waals surface area contributed by atoms with Crippen LogP contribution in [0.25, 0.3) is 0 Å². The van der Waals surface area contributed by atoms with E-state index in [-0.39, 0.29) is 18.0 Å². The number of Topliss-reactive ketones (excluding diaryl/α,β-unsaturated/α-hetero) is 1. The SMILES string of the molecule is CCOC(=O)c1c(C(C)=O)ccc(OCc2ccccc2)c1I. The molecule has 5 heteroatoms. The van der Waals surface area contributed by atoms with Crippen LogP contribution in [0.4, 0.5) is 0 Å². The lowest BCUT2D eigenvalue weighted by Gasteiger charge is -2.14. The summed E-state index contributed by atoms with van der Waals surface area (Å²) in [6, 6.07) is 13.1. The van der Waals surface area contributed by atoms with Crippen LogP contribution in [0.3, 0.4) is 0 Å². The summed E-state index contributed by atoms with van der Waals surface area (Å²) in [5.41, 5.74) is 1.64. The van der Waals surface area contributed by atoms with E-state index in [1.165, 1.54) is 6.92 Å². The maximum absolute atomic E-state index is 12.2. The van der Waals surface area contributed by atoms with Crippen molar-refractivity contribution in [2.45, 2.75) is 20.5 Å². The number of hydrogen-bond donors (Lipinski definition) is 0. The predicted octanol–water partition coefficient (Wildman–Crippen LogP) is 4.25. The van der Waals surface area contributed by atoms with Crippen LogP contribution in [0, 0.1) is 3.57 Å². The predicted molar refractivity (Wildman–Crippen MR) is 95.9 cm³/mol. The van der Waals surface area contributed by atoms with E-state index in [1.807, 2.05) is 52.9 Å². The third-order valence-corrected chi connectivity index (χ3v) is 4.27. The molecule has 0 fully saturated rings. The molecule has 0 spiro atoms. The quantitative estimate of drug-likeness (QED) is 0.395. The maximum Gasteiger partial charge on any atom is 0.340 e. The van der Waals surface area contributed by atoms with Crippen molar-refractivity contribution < 1.29 is 19.1 Å². The average molecular weight is 424 g/mol. The summed E-state index contributed by atoms with van der Waals surface area (Å²) in [5.74, 6) is -0.129. The second-order valence-corrected chi connectivity index (χ2v) is 5.93. The highest BCUT2D eigenvalue weighted by molar-refractivity contribution is 14.1. The minimum atomic E-state index is -0.507. The molecule has 0 radical (unpaired) electrons. The third-order valence-electron chi connectivity index (χ3n) is 3.20. The molecule has 0 saturated carbocycles. The maximum atomic E-state index is 12.2. The van der Waals surface area contributed by atoms with E-state index < -0.39 is 5.97 Å². The Morgan fingerprint density at radius 2 is 1.78 bits per heavy atom. The Hall–Kier alpha value is -1.89. The highest BCUT2D eigenvalue weighted by atomic mass is 127. The number of carbonyl (C=O) groups excluding carboxylic acids is 2. The molecule has 0 atom stereocenters. The third kappa shape index (κ3) is 4.31. The molecular formula is C18H17IO4. The van der Waals surface area contributed by atoms with Gasteiger partial charge >= 0.3 is 5.97 Å². The Morgan fingerprint density at radius 1 is 1.09 bits per heavy atom. The smallest absolute Gasteiger partial charge is 0.340 e. The van der Waals surface area contributed by atoms with Gasteiger partial charge in [0.1, 0.15) is 12.4 Å². The van der Waals surface area contributed by atoms with Crippen LogP contribution in [0.2, 0.25) is 0 Å². The number of carbonyl (C=O) groups is 2. The summed E-state index contributed by atoms with van der Waals surface area (Å²) in [6.45, 7) is 3.80. The molecule has 0 saturated heterocycles. The number of ketones is 1. The first-order chi connectivity index (χ1) is 11.0. The van der Waals surface area contributed by atoms with Crippen molar-refractivity contribution in [1.82, 2.24) is 0 Å². The van der Waals surface area contributed by atoms with Gasteiger partial charge in [-0.25, -0.2) is 4.79 Å². The first-order valence-electron chi connectivity index (χ1n) is 7.21. The van der Waals surface area contributed by atoms with E-state index in [9.17, 15) is 9.59 Å². The summed E-state index contributed by atoms with van der Waals surface area (Å²) in [7, 11) is 0. The van der Waals surface area contributed by atoms with E-state index in [4.69, 9.17) is 9.47 Å². The lowest BCUT2D eigenvalue weighted by Crippen LogP contribution is -2.13. The van der Waals surface area contributed by atoms with Gasteiger partial charge in [-0.1, -0.05) is 30.3 Å². The minimum Gasteiger partial charge on any atom is -0.488 e. The molecular weight excluding hydrogens is 407 g/mol. The normalized spacial score (nSPS) is 10.2. The zero-order valence-corrected chi connectivity index (χ0v) is 15.1. The van der Waals surface area contributed by atoms with Gasteiger partial charge in [0.25, 0.3) is 0 Å². The fourth-order valence-corrected chi connectivity index (χ4v) is 2.95. The van der Waals surface area contributed by atoms with Gasteiger partial charge < -0.3 is 9.47 Å². The zero-order valence-electron chi connectivity index (χ0n) is 13.0. The summed E-state index contributed by atoms with van der Waals surface area (Å²) < 4.78 is 11.5. The fraction of sp³-hybridized carbons (Fsp3) is 0.222. The molecule has 2 rings (SSSR count). The van der Waals surface area contributed by atoms with E-state index >= 15 is 0 Å². The van der Waals surface area contributed by atoms with Crippen LogP contribution < -0.4 is 4.74 Å². The molecule has 0 amide bonds. The highest BCUT2D eigenvalue weighted by Crippen LogP contribution is 2.29. The number of ether oxygens (including phenoxy) is 2. The van der Waals surface area contributed by atoms with Crippen LogP contribution >= 0.6 is 22.6 Å². The molecule has 2 aromatic rings. The monoisotopic (exact) mass is 424 g/mol. The van der Waals surface area contributed by atoms with Crippen LogP contribution in [-0.2, 0) is 11.3 Å². The van der Waals surface area contributed by atoms with E-state index in [0.717, 1.165) is 5.56 Å². The first kappa shape index (κ1) is 17.5. The second-order valence-electron chi connectivity index (χ2n) is 4.85. The Bertz CT molecular complexity index is 710. The fourth-order valence-electron chi connectivity index (χ4n) is 2.10. The molecule has 0 bridgehead atoms. The average Bonchev–Trinajstić information content (AvgIpc) is 2.54. The molecule has 0 aliphatic heterocycles. The summed E-state index contributed by atoms with van der Waals surface area (Å²) in [5, 5.41) is 0. The number of benzene rings is 2. The second kappa shape index (κ2) is 8.10. The van der Waals surface area contributed by atoms with Crippen molar-refractivity contribution in [2.75, 3.05) is 6.61 Å². The Labute approximate surface area is 148 Å². The molecule has 120 valence electrons. The molecule has 23 heavy (non-hydrogen) atoms. The van der Waals surface area contributed by atoms with Gasteiger partial charge in [-0.2, -0.15) is 0 Å². The molecule has 4 nitrogen and oxygen atoms in total. The lowest BCUT2D eigenvalue weighted by molar-refractivity contribution is 0.0521. The first-order valence-corrected chi connectivity index (χ1v) is 8.29. The lowest BCUT2D eigenvalue weighted by atomic mass is 10.0. The van der Waals surface area contributed by atoms with Crippen LogP contribution in [-0.4, -0.2) is 18.4 Å². The number of halogens is 1. The Kier molecular flexibility index (Phi) is 6.15. The minimum absolute atomic E-state index is 0.180. The standard InChI is InChI=1S/C18H17IO4/c1-3-22-18(21)16-14(12(2)20)9-10-15(17(16)19)23-11-13-7-5-4-6-8-13/h4-10H,3,11H2,1-2H3. The van der Waals surface area contributed by atoms with Crippen molar-refractivity contribution in [3.05, 3.63) is 62.7 Å². The van der Waals surface area contributed by atoms with E-state index in [0.29, 0.717) is 21.5 Å². The van der Waals surface area contributed by atoms with Crippen molar-refractivity contribution in [1.29, 1.82) is 0 Å². The van der Waals surface area contributed by atoms with Gasteiger partial charge in [-0.3, -0.25) is 4.79 Å². The van der Waals surface area contributed by atoms with Crippen LogP contribution in [0.1, 0.15) is 40.1 Å². The van der Waals surface area contributed by atoms with Crippen molar-refractivity contribution in [3.63, 3.8) is 0 Å². The van der Waals surface area contributed by atoms with Crippen molar-refractivity contribution >= 4 is 34.3 Å². The molecule has 0 aliphatic carbocycles. The summed E-state index contributed by atoms with van der Waals surface area (Å²) in [6.07, 6.45) is 0.